The highest BCUT2D eigenvalue weighted by molar-refractivity contribution is 9.10. The second kappa shape index (κ2) is 4.77. The molecule has 0 bridgehead atoms. The van der Waals surface area contributed by atoms with Crippen LogP contribution in [0.2, 0.25) is 0 Å². The monoisotopic (exact) mass is 260 g/mol. The van der Waals surface area contributed by atoms with Crippen LogP contribution < -0.4 is 0 Å². The molecule has 13 heavy (non-hydrogen) atoms. The van der Waals surface area contributed by atoms with Crippen molar-refractivity contribution in [1.82, 2.24) is 0 Å². The Kier molecular flexibility index (Phi) is 3.94. The van der Waals surface area contributed by atoms with E-state index >= 15 is 0 Å². The smallest absolute Gasteiger partial charge is 0.224 e. The van der Waals surface area contributed by atoms with Crippen LogP contribution in [0.4, 0.5) is 0 Å². The lowest BCUT2D eigenvalue weighted by molar-refractivity contribution is -0.114. The largest absolute Gasteiger partial charge is 0.281 e. The van der Waals surface area contributed by atoms with Gasteiger partial charge in [0.1, 0.15) is 0 Å². The summed E-state index contributed by atoms with van der Waals surface area (Å²) in [5, 5.41) is -0.282. The fourth-order valence-electron chi connectivity index (χ4n) is 1.07. The molecule has 0 aliphatic rings. The van der Waals surface area contributed by atoms with Gasteiger partial charge in [-0.05, 0) is 29.7 Å². The molecular weight excluding hydrogens is 251 g/mol. The van der Waals surface area contributed by atoms with Crippen molar-refractivity contribution < 1.29 is 4.79 Å². The first-order valence-electron chi connectivity index (χ1n) is 4.04. The summed E-state index contributed by atoms with van der Waals surface area (Å²) in [6.45, 7) is 1.83. The van der Waals surface area contributed by atoms with Crippen molar-refractivity contribution in [3.63, 3.8) is 0 Å². The van der Waals surface area contributed by atoms with Gasteiger partial charge >= 0.3 is 0 Å². The molecule has 0 saturated carbocycles. The first-order valence-corrected chi connectivity index (χ1v) is 5.21. The normalized spacial score (nSPS) is 12.5. The molecule has 0 radical (unpaired) electrons. The predicted octanol–water partition coefficient (Wildman–Crippen LogP) is 3.39. The Hall–Kier alpha value is -0.340. The van der Waals surface area contributed by atoms with Crippen molar-refractivity contribution in [2.75, 3.05) is 0 Å². The lowest BCUT2D eigenvalue weighted by atomic mass is 10.0. The molecule has 0 amide bonds. The van der Waals surface area contributed by atoms with Crippen LogP contribution in [0.25, 0.3) is 0 Å². The van der Waals surface area contributed by atoms with Crippen LogP contribution in [0.15, 0.2) is 28.7 Å². The maximum Gasteiger partial charge on any atom is 0.224 e. The summed E-state index contributed by atoms with van der Waals surface area (Å²) in [5.74, 6) is -0.125. The van der Waals surface area contributed by atoms with Gasteiger partial charge in [-0.2, -0.15) is 0 Å². The van der Waals surface area contributed by atoms with Gasteiger partial charge in [-0.3, -0.25) is 4.79 Å². The van der Waals surface area contributed by atoms with Crippen molar-refractivity contribution >= 4 is 32.8 Å². The first kappa shape index (κ1) is 10.7. The molecule has 0 saturated heterocycles. The average molecular weight is 262 g/mol. The third-order valence-corrected chi connectivity index (χ3v) is 3.02. The van der Waals surface area contributed by atoms with Crippen molar-refractivity contribution in [2.45, 2.75) is 13.3 Å². The van der Waals surface area contributed by atoms with Crippen LogP contribution in [0.5, 0.6) is 0 Å². The van der Waals surface area contributed by atoms with Gasteiger partial charge < -0.3 is 0 Å². The SMILES string of the molecule is CC(Cc1ccccc1Br)C(=O)Cl. The van der Waals surface area contributed by atoms with Gasteiger partial charge in [-0.25, -0.2) is 0 Å². The van der Waals surface area contributed by atoms with E-state index in [-0.39, 0.29) is 11.2 Å². The van der Waals surface area contributed by atoms with Crippen LogP contribution in [-0.4, -0.2) is 5.24 Å². The number of rotatable bonds is 3. The van der Waals surface area contributed by atoms with Crippen molar-refractivity contribution in [1.29, 1.82) is 0 Å². The highest BCUT2D eigenvalue weighted by atomic mass is 79.9. The molecule has 0 heterocycles. The minimum atomic E-state index is -0.282. The van der Waals surface area contributed by atoms with Crippen LogP contribution >= 0.6 is 27.5 Å². The van der Waals surface area contributed by atoms with Crippen LogP contribution in [0.3, 0.4) is 0 Å². The van der Waals surface area contributed by atoms with Gasteiger partial charge in [0.05, 0.1) is 0 Å². The Morgan fingerprint density at radius 1 is 1.54 bits per heavy atom. The van der Waals surface area contributed by atoms with Gasteiger partial charge in [0.15, 0.2) is 0 Å². The lowest BCUT2D eigenvalue weighted by Crippen LogP contribution is -2.07. The molecule has 0 aliphatic heterocycles. The zero-order valence-corrected chi connectivity index (χ0v) is 9.60. The fraction of sp³-hybridized carbons (Fsp3) is 0.300. The van der Waals surface area contributed by atoms with E-state index in [9.17, 15) is 4.79 Å². The van der Waals surface area contributed by atoms with E-state index in [0.29, 0.717) is 6.42 Å². The molecular formula is C10H10BrClO. The topological polar surface area (TPSA) is 17.1 Å². The number of carbonyl (C=O) groups excluding carboxylic acids is 1. The third kappa shape index (κ3) is 3.12. The van der Waals surface area contributed by atoms with E-state index in [1.807, 2.05) is 31.2 Å². The van der Waals surface area contributed by atoms with Gasteiger partial charge in [-0.15, -0.1) is 0 Å². The number of halogens is 2. The van der Waals surface area contributed by atoms with Gasteiger partial charge in [0.2, 0.25) is 5.24 Å². The fourth-order valence-corrected chi connectivity index (χ4v) is 1.60. The molecule has 0 spiro atoms. The molecule has 1 rings (SSSR count). The molecule has 1 aromatic rings. The first-order chi connectivity index (χ1) is 6.11. The highest BCUT2D eigenvalue weighted by Crippen LogP contribution is 2.20. The molecule has 1 unspecified atom stereocenters. The molecule has 1 aromatic carbocycles. The van der Waals surface area contributed by atoms with E-state index in [0.717, 1.165) is 10.0 Å². The summed E-state index contributed by atoms with van der Waals surface area (Å²) < 4.78 is 1.03. The maximum atomic E-state index is 10.8. The summed E-state index contributed by atoms with van der Waals surface area (Å²) >= 11 is 8.80. The summed E-state index contributed by atoms with van der Waals surface area (Å²) in [6.07, 6.45) is 0.684. The van der Waals surface area contributed by atoms with Gasteiger partial charge in [0, 0.05) is 10.4 Å². The van der Waals surface area contributed by atoms with E-state index < -0.39 is 0 Å². The molecule has 0 fully saturated rings. The minimum absolute atomic E-state index is 0.125. The second-order valence-corrected chi connectivity index (χ2v) is 4.23. The molecule has 0 aliphatic carbocycles. The van der Waals surface area contributed by atoms with E-state index in [4.69, 9.17) is 11.6 Å². The van der Waals surface area contributed by atoms with Crippen molar-refractivity contribution in [3.05, 3.63) is 34.3 Å². The summed E-state index contributed by atoms with van der Waals surface area (Å²) in [6, 6.07) is 7.84. The van der Waals surface area contributed by atoms with E-state index in [1.165, 1.54) is 0 Å². The Balaban J connectivity index is 2.74. The second-order valence-electron chi connectivity index (χ2n) is 3.00. The lowest BCUT2D eigenvalue weighted by Gasteiger charge is -2.07. The molecule has 70 valence electrons. The van der Waals surface area contributed by atoms with Crippen LogP contribution in [-0.2, 0) is 11.2 Å². The Labute approximate surface area is 91.2 Å². The highest BCUT2D eigenvalue weighted by Gasteiger charge is 2.11. The predicted molar refractivity (Wildman–Crippen MR) is 57.9 cm³/mol. The third-order valence-electron chi connectivity index (χ3n) is 1.87. The number of benzene rings is 1. The Bertz CT molecular complexity index is 312. The number of carbonyl (C=O) groups is 1. The molecule has 3 heteroatoms. The number of hydrogen-bond donors (Lipinski definition) is 0. The van der Waals surface area contributed by atoms with Crippen LogP contribution in [0.1, 0.15) is 12.5 Å². The summed E-state index contributed by atoms with van der Waals surface area (Å²) in [7, 11) is 0. The summed E-state index contributed by atoms with van der Waals surface area (Å²) in [4.78, 5) is 10.8. The van der Waals surface area contributed by atoms with Crippen molar-refractivity contribution in [3.8, 4) is 0 Å². The Morgan fingerprint density at radius 3 is 2.69 bits per heavy atom. The summed E-state index contributed by atoms with van der Waals surface area (Å²) in [5.41, 5.74) is 1.11. The molecule has 0 aromatic heterocycles. The molecule has 1 nitrogen and oxygen atoms in total. The molecule has 1 atom stereocenters. The maximum absolute atomic E-state index is 10.8. The Morgan fingerprint density at radius 2 is 2.15 bits per heavy atom. The van der Waals surface area contributed by atoms with Gasteiger partial charge in [0.25, 0.3) is 0 Å². The van der Waals surface area contributed by atoms with Crippen molar-refractivity contribution in [2.24, 2.45) is 5.92 Å². The zero-order chi connectivity index (χ0) is 9.84. The molecule has 0 N–H and O–H groups in total. The standard InChI is InChI=1S/C10H10BrClO/c1-7(10(12)13)6-8-4-2-3-5-9(8)11/h2-5,7H,6H2,1H3. The quantitative estimate of drug-likeness (QED) is 0.762. The van der Waals surface area contributed by atoms with E-state index in [1.54, 1.807) is 0 Å². The van der Waals surface area contributed by atoms with Gasteiger partial charge in [-0.1, -0.05) is 41.1 Å². The van der Waals surface area contributed by atoms with Crippen LogP contribution in [0, 0.1) is 5.92 Å². The number of hydrogen-bond acceptors (Lipinski definition) is 1. The minimum Gasteiger partial charge on any atom is -0.281 e. The van der Waals surface area contributed by atoms with E-state index in [2.05, 4.69) is 15.9 Å². The zero-order valence-electron chi connectivity index (χ0n) is 7.26. The average Bonchev–Trinajstić information content (AvgIpc) is 2.08.